The summed E-state index contributed by atoms with van der Waals surface area (Å²) in [5.41, 5.74) is 0.342. The van der Waals surface area contributed by atoms with Crippen LogP contribution in [0.2, 0.25) is 0 Å². The summed E-state index contributed by atoms with van der Waals surface area (Å²) in [6.45, 7) is 7.65. The lowest BCUT2D eigenvalue weighted by atomic mass is 9.71. The van der Waals surface area contributed by atoms with E-state index >= 15 is 0 Å². The van der Waals surface area contributed by atoms with E-state index in [1.165, 1.54) is 57.8 Å². The molecule has 0 aromatic carbocycles. The molecule has 0 spiro atoms. The van der Waals surface area contributed by atoms with E-state index in [1.54, 1.807) is 0 Å². The number of rotatable bonds is 27. The van der Waals surface area contributed by atoms with Gasteiger partial charge in [0.15, 0.2) is 0 Å². The summed E-state index contributed by atoms with van der Waals surface area (Å²) < 4.78 is 33.4. The third-order valence-electron chi connectivity index (χ3n) is 7.47. The van der Waals surface area contributed by atoms with Gasteiger partial charge in [-0.3, -0.25) is 0 Å². The van der Waals surface area contributed by atoms with E-state index in [2.05, 4.69) is 0 Å². The zero-order valence-electron chi connectivity index (χ0n) is 22.1. The molecule has 0 saturated carbocycles. The van der Waals surface area contributed by atoms with E-state index in [1.807, 2.05) is 0 Å². The lowest BCUT2D eigenvalue weighted by molar-refractivity contribution is 0.0679. The van der Waals surface area contributed by atoms with Crippen molar-refractivity contribution in [1.82, 2.24) is 0 Å². The molecule has 0 amide bonds. The first-order valence-electron chi connectivity index (χ1n) is 14.5. The van der Waals surface area contributed by atoms with E-state index in [0.29, 0.717) is 30.3 Å². The van der Waals surface area contributed by atoms with Crippen LogP contribution in [0.25, 0.3) is 0 Å². The molecule has 1 N–H and O–H groups in total. The molecule has 0 aliphatic carbocycles. The van der Waals surface area contributed by atoms with Gasteiger partial charge in [0.25, 0.3) is 0 Å². The van der Waals surface area contributed by atoms with Gasteiger partial charge in [0, 0.05) is 26.4 Å². The fourth-order valence-corrected chi connectivity index (χ4v) is 5.03. The topological polar surface area (TPSA) is 85.5 Å². The second kappa shape index (κ2) is 18.1. The average molecular weight is 501 g/mol. The fraction of sp³-hybridized carbons (Fsp3) is 1.00. The molecule has 3 aliphatic heterocycles. The molecule has 0 bridgehead atoms. The Balaban J connectivity index is 1.40. The Morgan fingerprint density at radius 2 is 0.857 bits per heavy atom. The van der Waals surface area contributed by atoms with Crippen molar-refractivity contribution in [1.29, 1.82) is 0 Å². The Hall–Kier alpha value is -0.280. The van der Waals surface area contributed by atoms with Crippen molar-refractivity contribution in [3.63, 3.8) is 0 Å². The molecule has 3 saturated heterocycles. The molecule has 3 rings (SSSR count). The van der Waals surface area contributed by atoms with Crippen LogP contribution in [0, 0.1) is 5.41 Å². The lowest BCUT2D eigenvalue weighted by Crippen LogP contribution is -2.24. The summed E-state index contributed by atoms with van der Waals surface area (Å²) in [4.78, 5) is 0. The summed E-state index contributed by atoms with van der Waals surface area (Å²) in [6, 6.07) is 0. The largest absolute Gasteiger partial charge is 0.396 e. The minimum Gasteiger partial charge on any atom is -0.396 e. The second-order valence-electron chi connectivity index (χ2n) is 10.8. The Morgan fingerprint density at radius 1 is 0.514 bits per heavy atom. The van der Waals surface area contributed by atoms with Crippen LogP contribution in [0.4, 0.5) is 0 Å². The van der Waals surface area contributed by atoms with Gasteiger partial charge in [0.2, 0.25) is 0 Å². The van der Waals surface area contributed by atoms with Gasteiger partial charge in [-0.15, -0.1) is 0 Å². The quantitative estimate of drug-likeness (QED) is 0.130. The highest BCUT2D eigenvalue weighted by atomic mass is 16.6. The van der Waals surface area contributed by atoms with Gasteiger partial charge in [0.1, 0.15) is 18.3 Å². The number of hydrogen-bond donors (Lipinski definition) is 1. The molecule has 7 nitrogen and oxygen atoms in total. The van der Waals surface area contributed by atoms with E-state index < -0.39 is 0 Å². The van der Waals surface area contributed by atoms with E-state index in [-0.39, 0.29) is 0 Å². The molecule has 3 atom stereocenters. The predicted octanol–water partition coefficient (Wildman–Crippen LogP) is 4.67. The van der Waals surface area contributed by atoms with Gasteiger partial charge in [0.05, 0.1) is 39.6 Å². The fourth-order valence-electron chi connectivity index (χ4n) is 5.03. The first-order chi connectivity index (χ1) is 17.3. The maximum Gasteiger partial charge on any atom is 0.104 e. The van der Waals surface area contributed by atoms with Crippen molar-refractivity contribution in [2.24, 2.45) is 5.41 Å². The Kier molecular flexibility index (Phi) is 15.1. The summed E-state index contributed by atoms with van der Waals surface area (Å²) >= 11 is 0. The molecule has 206 valence electrons. The number of epoxide rings is 3. The van der Waals surface area contributed by atoms with Gasteiger partial charge in [-0.05, 0) is 56.8 Å². The standard InChI is InChI=1S/C28H52O7/c29-15-7-5-3-1-2-4-6-11-28(12-8-16-30-19-25-22-33-25,13-9-17-31-20-26-23-34-26)14-10-18-32-21-27-24-35-27/h25-27,29H,1-24H2. The smallest absolute Gasteiger partial charge is 0.104 e. The van der Waals surface area contributed by atoms with Crippen molar-refractivity contribution in [2.75, 3.05) is 66.1 Å². The molecule has 0 radical (unpaired) electrons. The number of aliphatic hydroxyl groups is 1. The zero-order chi connectivity index (χ0) is 24.4. The molecular formula is C28H52O7. The monoisotopic (exact) mass is 500 g/mol. The van der Waals surface area contributed by atoms with Crippen LogP contribution in [0.5, 0.6) is 0 Å². The molecular weight excluding hydrogens is 448 g/mol. The Labute approximate surface area is 213 Å². The van der Waals surface area contributed by atoms with Crippen LogP contribution < -0.4 is 0 Å². The van der Waals surface area contributed by atoms with Crippen LogP contribution >= 0.6 is 0 Å². The average Bonchev–Trinajstić information content (AvgIpc) is 3.68. The minimum atomic E-state index is 0.328. The summed E-state index contributed by atoms with van der Waals surface area (Å²) in [5, 5.41) is 8.96. The highest BCUT2D eigenvalue weighted by molar-refractivity contribution is 4.81. The van der Waals surface area contributed by atoms with Crippen LogP contribution in [-0.4, -0.2) is 89.5 Å². The van der Waals surface area contributed by atoms with Gasteiger partial charge < -0.3 is 33.5 Å². The van der Waals surface area contributed by atoms with E-state index in [9.17, 15) is 0 Å². The maximum atomic E-state index is 8.96. The Morgan fingerprint density at radius 3 is 1.23 bits per heavy atom. The van der Waals surface area contributed by atoms with Crippen LogP contribution in [-0.2, 0) is 28.4 Å². The molecule has 3 unspecified atom stereocenters. The van der Waals surface area contributed by atoms with Crippen molar-refractivity contribution in [3.8, 4) is 0 Å². The molecule has 3 heterocycles. The zero-order valence-corrected chi connectivity index (χ0v) is 22.1. The lowest BCUT2D eigenvalue weighted by Gasteiger charge is -2.35. The number of aliphatic hydroxyl groups excluding tert-OH is 1. The highest BCUT2D eigenvalue weighted by Gasteiger charge is 2.30. The summed E-state index contributed by atoms with van der Waals surface area (Å²) in [7, 11) is 0. The first kappa shape index (κ1) is 29.3. The first-order valence-corrected chi connectivity index (χ1v) is 14.5. The summed E-state index contributed by atoms with van der Waals surface area (Å²) in [5.74, 6) is 0. The van der Waals surface area contributed by atoms with Crippen molar-refractivity contribution in [2.45, 2.75) is 108 Å². The Bertz CT molecular complexity index is 450. The van der Waals surface area contributed by atoms with Gasteiger partial charge >= 0.3 is 0 Å². The van der Waals surface area contributed by atoms with Gasteiger partial charge in [-0.25, -0.2) is 0 Å². The number of unbranched alkanes of at least 4 members (excludes halogenated alkanes) is 6. The third kappa shape index (κ3) is 15.5. The molecule has 7 heteroatoms. The van der Waals surface area contributed by atoms with E-state index in [4.69, 9.17) is 33.5 Å². The molecule has 3 aliphatic rings. The predicted molar refractivity (Wildman–Crippen MR) is 136 cm³/mol. The van der Waals surface area contributed by atoms with Crippen LogP contribution in [0.3, 0.4) is 0 Å². The number of ether oxygens (including phenoxy) is 6. The van der Waals surface area contributed by atoms with Crippen molar-refractivity contribution < 1.29 is 33.5 Å². The third-order valence-corrected chi connectivity index (χ3v) is 7.47. The van der Waals surface area contributed by atoms with Crippen molar-refractivity contribution >= 4 is 0 Å². The van der Waals surface area contributed by atoms with E-state index in [0.717, 1.165) is 91.6 Å². The number of hydrogen-bond acceptors (Lipinski definition) is 7. The van der Waals surface area contributed by atoms with Crippen LogP contribution in [0.15, 0.2) is 0 Å². The van der Waals surface area contributed by atoms with Crippen molar-refractivity contribution in [3.05, 3.63) is 0 Å². The molecule has 0 aromatic heterocycles. The maximum absolute atomic E-state index is 8.96. The normalized spacial score (nSPS) is 24.4. The molecule has 0 aromatic rings. The van der Waals surface area contributed by atoms with Gasteiger partial charge in [-0.1, -0.05) is 38.5 Å². The SMILES string of the molecule is OCCCCCCCCCC(CCCOCC1CO1)(CCCOCC1CO1)CCCOCC1CO1. The summed E-state index contributed by atoms with van der Waals surface area (Å²) in [6.07, 6.45) is 17.9. The molecule has 35 heavy (non-hydrogen) atoms. The highest BCUT2D eigenvalue weighted by Crippen LogP contribution is 2.40. The minimum absolute atomic E-state index is 0.328. The van der Waals surface area contributed by atoms with Gasteiger partial charge in [-0.2, -0.15) is 0 Å². The second-order valence-corrected chi connectivity index (χ2v) is 10.8. The molecule has 3 fully saturated rings. The van der Waals surface area contributed by atoms with Crippen LogP contribution in [0.1, 0.15) is 89.9 Å².